The van der Waals surface area contributed by atoms with Crippen molar-refractivity contribution < 1.29 is 10.2 Å². The van der Waals surface area contributed by atoms with Crippen molar-refractivity contribution in [3.63, 3.8) is 0 Å². The Morgan fingerprint density at radius 2 is 1.36 bits per heavy atom. The summed E-state index contributed by atoms with van der Waals surface area (Å²) in [6, 6.07) is 0. The van der Waals surface area contributed by atoms with E-state index in [9.17, 15) is 9.90 Å². The van der Waals surface area contributed by atoms with Crippen LogP contribution < -0.4 is 5.43 Å². The summed E-state index contributed by atoms with van der Waals surface area (Å²) in [4.78, 5) is 11.3. The first kappa shape index (κ1) is 22.1. The van der Waals surface area contributed by atoms with Gasteiger partial charge in [0.1, 0.15) is 0 Å². The predicted molar refractivity (Wildman–Crippen MR) is 105 cm³/mol. The Hall–Kier alpha value is -0.930. The fourth-order valence-corrected chi connectivity index (χ4v) is 3.28. The first-order valence-corrected chi connectivity index (χ1v) is 10.4. The lowest BCUT2D eigenvalue weighted by atomic mass is 10.1. The molecule has 144 valence electrons. The third kappa shape index (κ3) is 9.96. The highest BCUT2D eigenvalue weighted by molar-refractivity contribution is 5.40. The van der Waals surface area contributed by atoms with E-state index in [0.717, 1.165) is 12.8 Å². The Morgan fingerprint density at radius 1 is 0.840 bits per heavy atom. The monoisotopic (exact) mass is 350 g/mol. The van der Waals surface area contributed by atoms with E-state index < -0.39 is 6.10 Å². The van der Waals surface area contributed by atoms with Gasteiger partial charge in [-0.3, -0.25) is 4.79 Å². The maximum atomic E-state index is 11.3. The number of allylic oxidation sites excluding steroid dienone is 2. The minimum absolute atomic E-state index is 0.122. The van der Waals surface area contributed by atoms with Crippen LogP contribution in [0.15, 0.2) is 16.9 Å². The molecule has 1 atom stereocenters. The van der Waals surface area contributed by atoms with Gasteiger partial charge in [-0.2, -0.15) is 0 Å². The third-order valence-corrected chi connectivity index (χ3v) is 5.01. The molecule has 1 aromatic rings. The van der Waals surface area contributed by atoms with Crippen LogP contribution >= 0.6 is 0 Å². The molecule has 0 aliphatic carbocycles. The van der Waals surface area contributed by atoms with Crippen LogP contribution in [-0.2, 0) is 6.61 Å². The molecule has 2 N–H and O–H groups in total. The Kier molecular flexibility index (Phi) is 12.6. The van der Waals surface area contributed by atoms with E-state index in [0.29, 0.717) is 17.5 Å². The minimum atomic E-state index is -0.653. The molecule has 3 heteroatoms. The third-order valence-electron chi connectivity index (χ3n) is 5.01. The zero-order valence-corrected chi connectivity index (χ0v) is 16.1. The highest BCUT2D eigenvalue weighted by Crippen LogP contribution is 2.24. The van der Waals surface area contributed by atoms with Crippen LogP contribution in [0.3, 0.4) is 0 Å². The molecule has 0 aliphatic rings. The van der Waals surface area contributed by atoms with Gasteiger partial charge in [0, 0.05) is 11.1 Å². The number of hydrogen-bond acceptors (Lipinski definition) is 3. The Labute approximate surface area is 153 Å². The quantitative estimate of drug-likeness (QED) is 0.289. The van der Waals surface area contributed by atoms with Gasteiger partial charge in [0.15, 0.2) is 5.43 Å². The van der Waals surface area contributed by atoms with E-state index in [-0.39, 0.29) is 12.0 Å². The summed E-state index contributed by atoms with van der Waals surface area (Å²) in [5.41, 5.74) is 0.779. The number of aliphatic hydroxyl groups excluding tert-OH is 2. The van der Waals surface area contributed by atoms with Gasteiger partial charge in [-0.15, -0.1) is 0 Å². The number of hydrogen-bond donors (Lipinski definition) is 2. The molecule has 0 saturated heterocycles. The van der Waals surface area contributed by atoms with Crippen molar-refractivity contribution in [1.29, 1.82) is 0 Å². The standard InChI is InChI=1S/C22H38O3/c1-2-3-4-5-6-7-8-9-10-11-12-13-14-15-16-17-20(24)21-19(18-23)22(21)25/h9-10,20,23-24H,2-8,11-18H2,1H3/b10-9-. The fraction of sp³-hybridized carbons (Fsp3) is 0.773. The molecular formula is C22H38O3. The van der Waals surface area contributed by atoms with E-state index in [2.05, 4.69) is 19.1 Å². The normalized spacial score (nSPS) is 13.2. The molecule has 0 bridgehead atoms. The average Bonchev–Trinajstić information content (AvgIpc) is 3.28. The van der Waals surface area contributed by atoms with E-state index in [1.54, 1.807) is 0 Å². The zero-order valence-electron chi connectivity index (χ0n) is 16.1. The van der Waals surface area contributed by atoms with Crippen molar-refractivity contribution in [2.75, 3.05) is 0 Å². The largest absolute Gasteiger partial charge is 0.392 e. The van der Waals surface area contributed by atoms with Crippen LogP contribution in [0.5, 0.6) is 0 Å². The summed E-state index contributed by atoms with van der Waals surface area (Å²) in [5, 5.41) is 18.8. The number of unbranched alkanes of at least 4 members (excludes halogenated alkanes) is 11. The molecule has 1 rings (SSSR count). The average molecular weight is 351 g/mol. The molecule has 1 unspecified atom stereocenters. The number of aliphatic hydroxyl groups is 2. The van der Waals surface area contributed by atoms with Gasteiger partial charge in [0.25, 0.3) is 0 Å². The summed E-state index contributed by atoms with van der Waals surface area (Å²) in [6.45, 7) is 2.03. The SMILES string of the molecule is CCCCCCCC/C=C\CCCCCCCC(O)c1c(CO)c1=O. The van der Waals surface area contributed by atoms with Crippen molar-refractivity contribution in [3.8, 4) is 0 Å². The van der Waals surface area contributed by atoms with Crippen molar-refractivity contribution >= 4 is 0 Å². The minimum Gasteiger partial charge on any atom is -0.392 e. The lowest BCUT2D eigenvalue weighted by Crippen LogP contribution is -1.95. The summed E-state index contributed by atoms with van der Waals surface area (Å²) in [6.07, 6.45) is 21.0. The van der Waals surface area contributed by atoms with Crippen LogP contribution in [-0.4, -0.2) is 10.2 Å². The Morgan fingerprint density at radius 3 is 1.88 bits per heavy atom. The lowest BCUT2D eigenvalue weighted by Gasteiger charge is -2.05. The predicted octanol–water partition coefficient (Wildman–Crippen LogP) is 5.49. The molecule has 25 heavy (non-hydrogen) atoms. The first-order chi connectivity index (χ1) is 12.2. The summed E-state index contributed by atoms with van der Waals surface area (Å²) in [5.74, 6) is 0. The van der Waals surface area contributed by atoms with E-state index in [1.807, 2.05) is 0 Å². The van der Waals surface area contributed by atoms with E-state index >= 15 is 0 Å². The van der Waals surface area contributed by atoms with Gasteiger partial charge in [0.2, 0.25) is 0 Å². The van der Waals surface area contributed by atoms with Crippen LogP contribution in [0.2, 0.25) is 0 Å². The fourth-order valence-electron chi connectivity index (χ4n) is 3.28. The van der Waals surface area contributed by atoms with Crippen LogP contribution in [0.4, 0.5) is 0 Å². The van der Waals surface area contributed by atoms with E-state index in [4.69, 9.17) is 5.11 Å². The van der Waals surface area contributed by atoms with Gasteiger partial charge < -0.3 is 10.2 Å². The lowest BCUT2D eigenvalue weighted by molar-refractivity contribution is 0.164. The number of rotatable bonds is 17. The second-order valence-electron chi connectivity index (χ2n) is 7.27. The highest BCUT2D eigenvalue weighted by Gasteiger charge is 2.27. The smallest absolute Gasteiger partial charge is 0.190 e. The second-order valence-corrected chi connectivity index (χ2v) is 7.27. The first-order valence-electron chi connectivity index (χ1n) is 10.4. The summed E-state index contributed by atoms with van der Waals surface area (Å²) in [7, 11) is 0. The molecule has 0 fully saturated rings. The molecule has 0 aliphatic heterocycles. The Balaban J connectivity index is 1.83. The maximum absolute atomic E-state index is 11.3. The Bertz CT molecular complexity index is 469. The van der Waals surface area contributed by atoms with Crippen LogP contribution in [0.25, 0.3) is 0 Å². The molecular weight excluding hydrogens is 312 g/mol. The molecule has 1 aromatic carbocycles. The van der Waals surface area contributed by atoms with Crippen LogP contribution in [0, 0.1) is 0 Å². The second kappa shape index (κ2) is 14.3. The maximum Gasteiger partial charge on any atom is 0.190 e. The van der Waals surface area contributed by atoms with Crippen molar-refractivity contribution in [2.45, 2.75) is 110 Å². The van der Waals surface area contributed by atoms with Gasteiger partial charge in [-0.05, 0) is 32.1 Å². The molecule has 0 radical (unpaired) electrons. The van der Waals surface area contributed by atoms with Gasteiger partial charge in [-0.25, -0.2) is 0 Å². The molecule has 0 heterocycles. The molecule has 3 nitrogen and oxygen atoms in total. The molecule has 0 saturated carbocycles. The highest BCUT2D eigenvalue weighted by atomic mass is 16.3. The molecule has 0 spiro atoms. The van der Waals surface area contributed by atoms with Crippen molar-refractivity contribution in [1.82, 2.24) is 0 Å². The summed E-state index contributed by atoms with van der Waals surface area (Å²) < 4.78 is 0. The van der Waals surface area contributed by atoms with E-state index in [1.165, 1.54) is 70.6 Å². The molecule has 0 amide bonds. The van der Waals surface area contributed by atoms with Gasteiger partial charge in [0.05, 0.1) is 12.7 Å². The zero-order chi connectivity index (χ0) is 18.3. The van der Waals surface area contributed by atoms with Crippen LogP contribution in [0.1, 0.15) is 114 Å². The van der Waals surface area contributed by atoms with Crippen molar-refractivity contribution in [3.05, 3.63) is 33.5 Å². The topological polar surface area (TPSA) is 57.5 Å². The molecule has 0 aromatic heterocycles. The van der Waals surface area contributed by atoms with Gasteiger partial charge in [-0.1, -0.05) is 76.9 Å². The van der Waals surface area contributed by atoms with Gasteiger partial charge >= 0.3 is 0 Å². The van der Waals surface area contributed by atoms with Crippen molar-refractivity contribution in [2.24, 2.45) is 0 Å². The summed E-state index contributed by atoms with van der Waals surface area (Å²) >= 11 is 0.